The van der Waals surface area contributed by atoms with Gasteiger partial charge in [0.2, 0.25) is 5.95 Å². The molecular formula is C21H21ClN4O. The number of hydrogen-bond acceptors (Lipinski definition) is 5. The average Bonchev–Trinajstić information content (AvgIpc) is 2.70. The third-order valence-corrected chi connectivity index (χ3v) is 5.15. The molecule has 27 heavy (non-hydrogen) atoms. The number of rotatable bonds is 4. The van der Waals surface area contributed by atoms with Gasteiger partial charge in [-0.3, -0.25) is 0 Å². The Morgan fingerprint density at radius 3 is 2.89 bits per heavy atom. The Morgan fingerprint density at radius 2 is 2.04 bits per heavy atom. The van der Waals surface area contributed by atoms with Crippen molar-refractivity contribution in [2.24, 2.45) is 0 Å². The van der Waals surface area contributed by atoms with Gasteiger partial charge in [-0.1, -0.05) is 29.8 Å². The van der Waals surface area contributed by atoms with E-state index in [0.717, 1.165) is 30.6 Å². The minimum Gasteiger partial charge on any atom is -0.495 e. The van der Waals surface area contributed by atoms with Crippen LogP contribution in [-0.2, 0) is 6.42 Å². The molecule has 1 aliphatic rings. The summed E-state index contributed by atoms with van der Waals surface area (Å²) >= 11 is 6.20. The molecule has 0 atom stereocenters. The highest BCUT2D eigenvalue weighted by Crippen LogP contribution is 2.34. The van der Waals surface area contributed by atoms with E-state index >= 15 is 0 Å². The fourth-order valence-corrected chi connectivity index (χ4v) is 3.51. The summed E-state index contributed by atoms with van der Waals surface area (Å²) in [6.07, 6.45) is 3.95. The fourth-order valence-electron chi connectivity index (χ4n) is 3.36. The zero-order chi connectivity index (χ0) is 18.8. The lowest BCUT2D eigenvalue weighted by Crippen LogP contribution is -2.26. The number of ether oxygens (including phenoxy) is 1. The van der Waals surface area contributed by atoms with Crippen molar-refractivity contribution in [2.45, 2.75) is 19.8 Å². The second kappa shape index (κ2) is 7.45. The molecule has 0 aliphatic carbocycles. The second-order valence-corrected chi connectivity index (χ2v) is 6.96. The third kappa shape index (κ3) is 3.55. The minimum atomic E-state index is 0.672. The lowest BCUT2D eigenvalue weighted by molar-refractivity contribution is 0.416. The highest BCUT2D eigenvalue weighted by Gasteiger charge is 2.20. The van der Waals surface area contributed by atoms with Crippen molar-refractivity contribution < 1.29 is 4.74 Å². The Hall–Kier alpha value is -2.79. The lowest BCUT2D eigenvalue weighted by Gasteiger charge is -2.29. The first-order valence-corrected chi connectivity index (χ1v) is 9.33. The maximum Gasteiger partial charge on any atom is 0.231 e. The van der Waals surface area contributed by atoms with Crippen LogP contribution in [-0.4, -0.2) is 23.6 Å². The van der Waals surface area contributed by atoms with E-state index in [1.165, 1.54) is 11.3 Å². The summed E-state index contributed by atoms with van der Waals surface area (Å²) in [5.41, 5.74) is 4.31. The molecule has 1 N–H and O–H groups in total. The summed E-state index contributed by atoms with van der Waals surface area (Å²) in [4.78, 5) is 11.4. The average molecular weight is 381 g/mol. The molecule has 2 aromatic carbocycles. The van der Waals surface area contributed by atoms with Gasteiger partial charge in [-0.15, -0.1) is 0 Å². The van der Waals surface area contributed by atoms with Crippen LogP contribution in [0.25, 0.3) is 0 Å². The van der Waals surface area contributed by atoms with Crippen molar-refractivity contribution in [3.8, 4) is 5.75 Å². The van der Waals surface area contributed by atoms with Gasteiger partial charge >= 0.3 is 0 Å². The van der Waals surface area contributed by atoms with Crippen LogP contribution in [0.3, 0.4) is 0 Å². The number of fused-ring (bicyclic) bond motifs is 1. The quantitative estimate of drug-likeness (QED) is 0.667. The van der Waals surface area contributed by atoms with Crippen LogP contribution in [0, 0.1) is 6.92 Å². The Balaban J connectivity index is 1.66. The molecule has 0 spiro atoms. The molecule has 4 rings (SSSR count). The molecule has 138 valence electrons. The number of para-hydroxylation sites is 1. The zero-order valence-corrected chi connectivity index (χ0v) is 16.1. The molecule has 0 saturated heterocycles. The number of benzene rings is 2. The summed E-state index contributed by atoms with van der Waals surface area (Å²) in [7, 11) is 1.63. The second-order valence-electron chi connectivity index (χ2n) is 6.55. The van der Waals surface area contributed by atoms with E-state index in [9.17, 15) is 0 Å². The lowest BCUT2D eigenvalue weighted by atomic mass is 10.0. The van der Waals surface area contributed by atoms with Crippen LogP contribution in [0.5, 0.6) is 5.75 Å². The van der Waals surface area contributed by atoms with E-state index in [4.69, 9.17) is 21.3 Å². The Kier molecular flexibility index (Phi) is 4.86. The van der Waals surface area contributed by atoms with Gasteiger partial charge in [-0.2, -0.15) is 4.98 Å². The Morgan fingerprint density at radius 1 is 1.19 bits per heavy atom. The molecule has 6 heteroatoms. The van der Waals surface area contributed by atoms with E-state index in [1.807, 2.05) is 25.1 Å². The third-order valence-electron chi connectivity index (χ3n) is 4.74. The molecule has 1 aromatic heterocycles. The van der Waals surface area contributed by atoms with E-state index < -0.39 is 0 Å². The zero-order valence-electron chi connectivity index (χ0n) is 15.4. The fraction of sp³-hybridized carbons (Fsp3) is 0.238. The summed E-state index contributed by atoms with van der Waals surface area (Å²) < 4.78 is 5.45. The first-order valence-electron chi connectivity index (χ1n) is 8.95. The summed E-state index contributed by atoms with van der Waals surface area (Å²) in [6, 6.07) is 14.1. The van der Waals surface area contributed by atoms with E-state index in [-0.39, 0.29) is 0 Å². The highest BCUT2D eigenvalue weighted by atomic mass is 35.5. The molecule has 0 fully saturated rings. The van der Waals surface area contributed by atoms with Gasteiger partial charge in [0.05, 0.1) is 12.8 Å². The molecule has 0 amide bonds. The van der Waals surface area contributed by atoms with Gasteiger partial charge in [-0.25, -0.2) is 4.98 Å². The van der Waals surface area contributed by atoms with Crippen molar-refractivity contribution in [1.82, 2.24) is 9.97 Å². The molecule has 0 saturated carbocycles. The Bertz CT molecular complexity index is 976. The number of anilines is 4. The molecule has 0 unspecified atom stereocenters. The van der Waals surface area contributed by atoms with Gasteiger partial charge in [0, 0.05) is 29.5 Å². The predicted molar refractivity (Wildman–Crippen MR) is 110 cm³/mol. The molecule has 0 radical (unpaired) electrons. The number of nitrogens with zero attached hydrogens (tertiary/aromatic N) is 3. The van der Waals surface area contributed by atoms with Crippen molar-refractivity contribution in [1.29, 1.82) is 0 Å². The number of aryl methyl sites for hydroxylation is 2. The molecule has 2 heterocycles. The standard InChI is InChI=1S/C21H21ClN4O/c1-14-12-17(19(27-2)13-16(14)22)24-20-9-10-23-21(25-20)26-11-5-7-15-6-3-4-8-18(15)26/h3-4,6,8-10,12-13H,5,7,11H2,1-2H3,(H,23,24,25). The molecular weight excluding hydrogens is 360 g/mol. The van der Waals surface area contributed by atoms with Crippen molar-refractivity contribution in [3.05, 3.63) is 64.8 Å². The van der Waals surface area contributed by atoms with Crippen molar-refractivity contribution in [2.75, 3.05) is 23.9 Å². The molecule has 1 aliphatic heterocycles. The van der Waals surface area contributed by atoms with Gasteiger partial charge < -0.3 is 15.0 Å². The van der Waals surface area contributed by atoms with Gasteiger partial charge in [0.25, 0.3) is 0 Å². The molecule has 0 bridgehead atoms. The smallest absolute Gasteiger partial charge is 0.231 e. The van der Waals surface area contributed by atoms with E-state index in [0.29, 0.717) is 22.5 Å². The van der Waals surface area contributed by atoms with E-state index in [2.05, 4.69) is 39.5 Å². The summed E-state index contributed by atoms with van der Waals surface area (Å²) in [6.45, 7) is 2.87. The summed E-state index contributed by atoms with van der Waals surface area (Å²) in [5.74, 6) is 2.08. The minimum absolute atomic E-state index is 0.672. The SMILES string of the molecule is COc1cc(Cl)c(C)cc1Nc1ccnc(N2CCCc3ccccc32)n1. The van der Waals surface area contributed by atoms with Gasteiger partial charge in [-0.05, 0) is 49.1 Å². The first kappa shape index (κ1) is 17.6. The Labute approximate surface area is 164 Å². The number of aromatic nitrogens is 2. The van der Waals surface area contributed by atoms with Crippen molar-refractivity contribution in [3.63, 3.8) is 0 Å². The van der Waals surface area contributed by atoms with Gasteiger partial charge in [0.15, 0.2) is 0 Å². The number of methoxy groups -OCH3 is 1. The molecule has 3 aromatic rings. The van der Waals surface area contributed by atoms with Crippen LogP contribution < -0.4 is 15.0 Å². The predicted octanol–water partition coefficient (Wildman–Crippen LogP) is 5.27. The number of hydrogen-bond donors (Lipinski definition) is 1. The highest BCUT2D eigenvalue weighted by molar-refractivity contribution is 6.31. The van der Waals surface area contributed by atoms with Crippen LogP contribution in [0.2, 0.25) is 5.02 Å². The largest absolute Gasteiger partial charge is 0.495 e. The first-order chi connectivity index (χ1) is 13.2. The van der Waals surface area contributed by atoms with Crippen LogP contribution >= 0.6 is 11.6 Å². The van der Waals surface area contributed by atoms with Crippen LogP contribution in [0.4, 0.5) is 23.1 Å². The monoisotopic (exact) mass is 380 g/mol. The van der Waals surface area contributed by atoms with Crippen LogP contribution in [0.15, 0.2) is 48.7 Å². The van der Waals surface area contributed by atoms with Crippen LogP contribution in [0.1, 0.15) is 17.5 Å². The maximum absolute atomic E-state index is 6.20. The van der Waals surface area contributed by atoms with Crippen molar-refractivity contribution >= 4 is 34.7 Å². The normalized spacial score (nSPS) is 13.2. The summed E-state index contributed by atoms with van der Waals surface area (Å²) in [5, 5.41) is 4.01. The number of halogens is 1. The topological polar surface area (TPSA) is 50.3 Å². The maximum atomic E-state index is 6.20. The van der Waals surface area contributed by atoms with Gasteiger partial charge in [0.1, 0.15) is 11.6 Å². The number of nitrogens with one attached hydrogen (secondary N) is 1. The molecule has 5 nitrogen and oxygen atoms in total. The van der Waals surface area contributed by atoms with E-state index in [1.54, 1.807) is 13.3 Å².